The Bertz CT molecular complexity index is 1270. The van der Waals surface area contributed by atoms with E-state index in [1.165, 1.54) is 15.9 Å². The molecule has 0 bridgehead atoms. The van der Waals surface area contributed by atoms with Crippen molar-refractivity contribution in [3.63, 3.8) is 0 Å². The molecule has 0 amide bonds. The largest absolute Gasteiger partial charge is 0.490 e. The van der Waals surface area contributed by atoms with Crippen LogP contribution in [0.2, 0.25) is 0 Å². The Hall–Kier alpha value is -3.61. The first-order chi connectivity index (χ1) is 16.9. The van der Waals surface area contributed by atoms with Gasteiger partial charge in [0.25, 0.3) is 0 Å². The van der Waals surface area contributed by atoms with E-state index in [-0.39, 0.29) is 12.6 Å². The molecule has 0 saturated carbocycles. The molecule has 182 valence electrons. The van der Waals surface area contributed by atoms with Gasteiger partial charge in [-0.05, 0) is 61.7 Å². The molecule has 6 heteroatoms. The van der Waals surface area contributed by atoms with Crippen molar-refractivity contribution in [3.8, 4) is 5.75 Å². The lowest BCUT2D eigenvalue weighted by Crippen LogP contribution is -2.33. The van der Waals surface area contributed by atoms with Crippen molar-refractivity contribution in [1.82, 2.24) is 10.0 Å². The number of nitrogens with zero attached hydrogens (tertiary/aromatic N) is 1. The third-order valence-electron chi connectivity index (χ3n) is 5.99. The summed E-state index contributed by atoms with van der Waals surface area (Å²) < 4.78 is 7.46. The maximum absolute atomic E-state index is 12.5. The monoisotopic (exact) mass is 472 g/mol. The molecule has 4 rings (SSSR count). The van der Waals surface area contributed by atoms with Crippen LogP contribution in [0.15, 0.2) is 79.0 Å². The summed E-state index contributed by atoms with van der Waals surface area (Å²) in [5, 5.41) is 14.8. The van der Waals surface area contributed by atoms with Gasteiger partial charge < -0.3 is 20.0 Å². The molecule has 0 aliphatic rings. The van der Waals surface area contributed by atoms with Gasteiger partial charge >= 0.3 is 5.97 Å². The number of ether oxygens (including phenoxy) is 1. The van der Waals surface area contributed by atoms with Gasteiger partial charge in [-0.15, -0.1) is 0 Å². The highest BCUT2D eigenvalue weighted by molar-refractivity contribution is 5.91. The van der Waals surface area contributed by atoms with E-state index in [4.69, 9.17) is 9.57 Å². The van der Waals surface area contributed by atoms with Crippen molar-refractivity contribution in [2.24, 2.45) is 0 Å². The Balaban J connectivity index is 1.40. The molecule has 3 aromatic carbocycles. The standard InChI is InChI=1S/C29H32N2O4/c1-4-26(22-12-10-20(2)11-13-22)30-18-24(32)19-34-28-17-21(3)16-27-25(28)14-15-31(27)35-29(33)23-8-6-5-7-9-23/h5-17,24,26,30,32H,4,18-19H2,1-3H3. The van der Waals surface area contributed by atoms with E-state index < -0.39 is 12.1 Å². The van der Waals surface area contributed by atoms with E-state index in [0.717, 1.165) is 22.9 Å². The van der Waals surface area contributed by atoms with Gasteiger partial charge in [0.05, 0.1) is 11.1 Å². The number of hydrogen-bond donors (Lipinski definition) is 2. The number of fused-ring (bicyclic) bond motifs is 1. The highest BCUT2D eigenvalue weighted by atomic mass is 16.7. The first-order valence-corrected chi connectivity index (χ1v) is 11.9. The number of aliphatic hydroxyl groups is 1. The fourth-order valence-electron chi connectivity index (χ4n) is 4.05. The minimum atomic E-state index is -0.678. The van der Waals surface area contributed by atoms with Crippen LogP contribution in [0.1, 0.15) is 46.4 Å². The van der Waals surface area contributed by atoms with Crippen LogP contribution in [0.25, 0.3) is 10.9 Å². The van der Waals surface area contributed by atoms with Crippen LogP contribution in [0.4, 0.5) is 0 Å². The van der Waals surface area contributed by atoms with Crippen LogP contribution in [-0.2, 0) is 0 Å². The molecule has 2 atom stereocenters. The molecule has 0 radical (unpaired) electrons. The number of aliphatic hydroxyl groups excluding tert-OH is 1. The van der Waals surface area contributed by atoms with Gasteiger partial charge in [0.1, 0.15) is 18.5 Å². The first kappa shape index (κ1) is 24.5. The van der Waals surface area contributed by atoms with Gasteiger partial charge in [0, 0.05) is 24.2 Å². The summed E-state index contributed by atoms with van der Waals surface area (Å²) in [4.78, 5) is 18.1. The number of carbonyl (C=O) groups excluding carboxylic acids is 1. The topological polar surface area (TPSA) is 72.7 Å². The highest BCUT2D eigenvalue weighted by Gasteiger charge is 2.16. The lowest BCUT2D eigenvalue weighted by atomic mass is 10.0. The second-order valence-electron chi connectivity index (χ2n) is 8.83. The number of hydrogen-bond acceptors (Lipinski definition) is 5. The smallest absolute Gasteiger partial charge is 0.363 e. The van der Waals surface area contributed by atoms with Crippen LogP contribution >= 0.6 is 0 Å². The van der Waals surface area contributed by atoms with Crippen molar-refractivity contribution >= 4 is 16.9 Å². The molecule has 2 unspecified atom stereocenters. The number of nitrogens with one attached hydrogen (secondary N) is 1. The van der Waals surface area contributed by atoms with Crippen LogP contribution in [0.3, 0.4) is 0 Å². The van der Waals surface area contributed by atoms with Crippen LogP contribution in [0, 0.1) is 13.8 Å². The molecular weight excluding hydrogens is 440 g/mol. The number of carbonyl (C=O) groups is 1. The summed E-state index contributed by atoms with van der Waals surface area (Å²) in [5.74, 6) is 0.201. The maximum atomic E-state index is 12.5. The summed E-state index contributed by atoms with van der Waals surface area (Å²) in [6.45, 7) is 6.71. The van der Waals surface area contributed by atoms with Crippen molar-refractivity contribution in [3.05, 3.63) is 101 Å². The normalized spacial score (nSPS) is 12.9. The van der Waals surface area contributed by atoms with Crippen LogP contribution < -0.4 is 14.9 Å². The van der Waals surface area contributed by atoms with E-state index in [9.17, 15) is 9.90 Å². The van der Waals surface area contributed by atoms with Gasteiger partial charge in [-0.2, -0.15) is 4.73 Å². The molecule has 0 spiro atoms. The van der Waals surface area contributed by atoms with E-state index >= 15 is 0 Å². The summed E-state index contributed by atoms with van der Waals surface area (Å²) >= 11 is 0. The molecule has 1 aromatic heterocycles. The molecule has 1 heterocycles. The molecule has 0 aliphatic heterocycles. The summed E-state index contributed by atoms with van der Waals surface area (Å²) in [5.41, 5.74) is 4.59. The summed E-state index contributed by atoms with van der Waals surface area (Å²) in [7, 11) is 0. The quantitative estimate of drug-likeness (QED) is 0.340. The van der Waals surface area contributed by atoms with E-state index in [2.05, 4.69) is 43.4 Å². The van der Waals surface area contributed by atoms with E-state index in [1.54, 1.807) is 30.5 Å². The summed E-state index contributed by atoms with van der Waals surface area (Å²) in [6.07, 6.45) is 1.94. The molecule has 6 nitrogen and oxygen atoms in total. The van der Waals surface area contributed by atoms with Gasteiger partial charge in [-0.3, -0.25) is 0 Å². The molecule has 0 saturated heterocycles. The van der Waals surface area contributed by atoms with Crippen LogP contribution in [0.5, 0.6) is 5.75 Å². The van der Waals surface area contributed by atoms with Crippen molar-refractivity contribution in [2.45, 2.75) is 39.3 Å². The Morgan fingerprint density at radius 2 is 1.74 bits per heavy atom. The number of aryl methyl sites for hydroxylation is 2. The van der Waals surface area contributed by atoms with Crippen LogP contribution in [-0.4, -0.2) is 35.1 Å². The zero-order valence-corrected chi connectivity index (χ0v) is 20.4. The molecule has 2 N–H and O–H groups in total. The minimum Gasteiger partial charge on any atom is -0.490 e. The van der Waals surface area contributed by atoms with Crippen molar-refractivity contribution < 1.29 is 19.5 Å². The lowest BCUT2D eigenvalue weighted by Gasteiger charge is -2.20. The highest BCUT2D eigenvalue weighted by Crippen LogP contribution is 2.28. The molecule has 0 fully saturated rings. The Labute approximate surface area is 206 Å². The van der Waals surface area contributed by atoms with Gasteiger partial charge in [0.15, 0.2) is 0 Å². The lowest BCUT2D eigenvalue weighted by molar-refractivity contribution is 0.0482. The Morgan fingerprint density at radius 3 is 2.46 bits per heavy atom. The van der Waals surface area contributed by atoms with Gasteiger partial charge in [0.2, 0.25) is 0 Å². The minimum absolute atomic E-state index is 0.144. The van der Waals surface area contributed by atoms with E-state index in [0.29, 0.717) is 17.9 Å². The predicted molar refractivity (Wildman–Crippen MR) is 138 cm³/mol. The summed E-state index contributed by atoms with van der Waals surface area (Å²) in [6, 6.07) is 23.2. The SMILES string of the molecule is CCC(NCC(O)COc1cc(C)cc2c1ccn2OC(=O)c1ccccc1)c1ccc(C)cc1. The number of benzene rings is 3. The third-order valence-corrected chi connectivity index (χ3v) is 5.99. The van der Waals surface area contributed by atoms with Gasteiger partial charge in [-0.25, -0.2) is 4.79 Å². The molecule has 0 aliphatic carbocycles. The fourth-order valence-corrected chi connectivity index (χ4v) is 4.05. The van der Waals surface area contributed by atoms with Crippen molar-refractivity contribution in [1.29, 1.82) is 0 Å². The molecular formula is C29H32N2O4. The fraction of sp³-hybridized carbons (Fsp3) is 0.276. The Morgan fingerprint density at radius 1 is 1.00 bits per heavy atom. The van der Waals surface area contributed by atoms with Gasteiger partial charge in [-0.1, -0.05) is 55.0 Å². The molecule has 35 heavy (non-hydrogen) atoms. The first-order valence-electron chi connectivity index (χ1n) is 11.9. The Kier molecular flexibility index (Phi) is 7.85. The zero-order chi connectivity index (χ0) is 24.8. The average Bonchev–Trinajstić information content (AvgIpc) is 3.26. The maximum Gasteiger partial charge on any atom is 0.363 e. The number of rotatable bonds is 10. The van der Waals surface area contributed by atoms with E-state index in [1.807, 2.05) is 31.2 Å². The zero-order valence-electron chi connectivity index (χ0n) is 20.4. The average molecular weight is 473 g/mol. The van der Waals surface area contributed by atoms with Crippen molar-refractivity contribution in [2.75, 3.05) is 13.2 Å². The molecule has 4 aromatic rings. The predicted octanol–water partition coefficient (Wildman–Crippen LogP) is 5.01. The second-order valence-corrected chi connectivity index (χ2v) is 8.83. The second kappa shape index (κ2) is 11.2. The third kappa shape index (κ3) is 6.10. The number of aromatic nitrogens is 1.